The monoisotopic (exact) mass is 332 g/mol. The minimum absolute atomic E-state index is 0.0548. The lowest BCUT2D eigenvalue weighted by atomic mass is 10.2. The van der Waals surface area contributed by atoms with Crippen molar-refractivity contribution in [1.29, 1.82) is 0 Å². The minimum atomic E-state index is -0.0548. The van der Waals surface area contributed by atoms with Gasteiger partial charge in [0.15, 0.2) is 0 Å². The molecule has 0 heterocycles. The molecule has 0 aliphatic carbocycles. The summed E-state index contributed by atoms with van der Waals surface area (Å²) in [5, 5.41) is 3.58. The smallest absolute Gasteiger partial charge is 0.238 e. The van der Waals surface area contributed by atoms with Gasteiger partial charge in [0.2, 0.25) is 5.91 Å². The van der Waals surface area contributed by atoms with E-state index in [1.54, 1.807) is 13.2 Å². The van der Waals surface area contributed by atoms with E-state index in [0.29, 0.717) is 18.1 Å². The minimum Gasteiger partial charge on any atom is -0.497 e. The van der Waals surface area contributed by atoms with Crippen molar-refractivity contribution in [2.75, 3.05) is 26.0 Å². The number of hydrogen-bond acceptors (Lipinski definition) is 3. The highest BCUT2D eigenvalue weighted by Gasteiger charge is 2.09. The Kier molecular flexibility index (Phi) is 6.02. The number of carbonyl (C=O) groups excluding carboxylic acids is 1. The van der Waals surface area contributed by atoms with Gasteiger partial charge in [-0.05, 0) is 55.4 Å². The fraction of sp³-hybridized carbons (Fsp3) is 0.278. The van der Waals surface area contributed by atoms with Crippen molar-refractivity contribution in [2.45, 2.75) is 13.5 Å². The van der Waals surface area contributed by atoms with Gasteiger partial charge in [0, 0.05) is 17.3 Å². The van der Waals surface area contributed by atoms with Crippen molar-refractivity contribution in [3.05, 3.63) is 58.6 Å². The molecule has 0 bridgehead atoms. The molecule has 23 heavy (non-hydrogen) atoms. The van der Waals surface area contributed by atoms with E-state index in [1.165, 1.54) is 0 Å². The molecule has 0 saturated heterocycles. The van der Waals surface area contributed by atoms with Crippen molar-refractivity contribution < 1.29 is 9.53 Å². The van der Waals surface area contributed by atoms with E-state index in [4.69, 9.17) is 16.3 Å². The van der Waals surface area contributed by atoms with Crippen molar-refractivity contribution in [3.63, 3.8) is 0 Å². The third-order valence-corrected chi connectivity index (χ3v) is 3.70. The van der Waals surface area contributed by atoms with Crippen LogP contribution in [-0.2, 0) is 11.3 Å². The molecule has 0 saturated carbocycles. The number of hydrogen-bond donors (Lipinski definition) is 1. The molecule has 0 aliphatic rings. The summed E-state index contributed by atoms with van der Waals surface area (Å²) < 4.78 is 5.21. The summed E-state index contributed by atoms with van der Waals surface area (Å²) in [4.78, 5) is 14.1. The molecule has 0 fully saturated rings. The van der Waals surface area contributed by atoms with Crippen molar-refractivity contribution in [1.82, 2.24) is 4.90 Å². The maximum atomic E-state index is 12.2. The highest BCUT2D eigenvalue weighted by atomic mass is 35.5. The quantitative estimate of drug-likeness (QED) is 0.876. The molecule has 4 nitrogen and oxygen atoms in total. The van der Waals surface area contributed by atoms with Crippen LogP contribution in [0.1, 0.15) is 11.1 Å². The van der Waals surface area contributed by atoms with Gasteiger partial charge in [-0.2, -0.15) is 0 Å². The lowest BCUT2D eigenvalue weighted by Crippen LogP contribution is -2.30. The number of methoxy groups -OCH3 is 1. The van der Waals surface area contributed by atoms with Gasteiger partial charge >= 0.3 is 0 Å². The average molecular weight is 333 g/mol. The second-order valence-corrected chi connectivity index (χ2v) is 5.97. The molecular weight excluding hydrogens is 312 g/mol. The SMILES string of the molecule is COc1cccc(CN(C)CC(=O)Nc2ccc(Cl)cc2C)c1. The summed E-state index contributed by atoms with van der Waals surface area (Å²) in [6, 6.07) is 13.2. The Morgan fingerprint density at radius 1 is 1.26 bits per heavy atom. The molecule has 2 aromatic rings. The molecule has 0 aliphatic heterocycles. The summed E-state index contributed by atoms with van der Waals surface area (Å²) in [5.41, 5.74) is 2.83. The molecule has 2 aromatic carbocycles. The Morgan fingerprint density at radius 2 is 2.04 bits per heavy atom. The van der Waals surface area contributed by atoms with Gasteiger partial charge in [-0.3, -0.25) is 9.69 Å². The molecule has 122 valence electrons. The van der Waals surface area contributed by atoms with Crippen LogP contribution in [0.2, 0.25) is 5.02 Å². The summed E-state index contributed by atoms with van der Waals surface area (Å²) >= 11 is 5.92. The third kappa shape index (κ3) is 5.27. The zero-order valence-corrected chi connectivity index (χ0v) is 14.4. The maximum absolute atomic E-state index is 12.2. The van der Waals surface area contributed by atoms with E-state index in [9.17, 15) is 4.79 Å². The summed E-state index contributed by atoms with van der Waals surface area (Å²) in [5.74, 6) is 0.762. The Morgan fingerprint density at radius 3 is 2.74 bits per heavy atom. The third-order valence-electron chi connectivity index (χ3n) is 3.46. The largest absolute Gasteiger partial charge is 0.497 e. The van der Waals surface area contributed by atoms with Crippen LogP contribution in [0.4, 0.5) is 5.69 Å². The van der Waals surface area contributed by atoms with Gasteiger partial charge in [0.1, 0.15) is 5.75 Å². The molecule has 2 rings (SSSR count). The van der Waals surface area contributed by atoms with Gasteiger partial charge < -0.3 is 10.1 Å². The van der Waals surface area contributed by atoms with Crippen LogP contribution in [0.5, 0.6) is 5.75 Å². The Hall–Kier alpha value is -2.04. The lowest BCUT2D eigenvalue weighted by molar-refractivity contribution is -0.117. The number of halogens is 1. The summed E-state index contributed by atoms with van der Waals surface area (Å²) in [6.07, 6.45) is 0. The normalized spacial score (nSPS) is 10.7. The average Bonchev–Trinajstić information content (AvgIpc) is 2.50. The standard InChI is InChI=1S/C18H21ClN2O2/c1-13-9-15(19)7-8-17(13)20-18(22)12-21(2)11-14-5-4-6-16(10-14)23-3/h4-10H,11-12H2,1-3H3,(H,20,22). The van der Waals surface area contributed by atoms with Crippen LogP contribution in [0.15, 0.2) is 42.5 Å². The molecular formula is C18H21ClN2O2. The van der Waals surface area contributed by atoms with Crippen LogP contribution < -0.4 is 10.1 Å². The van der Waals surface area contributed by atoms with E-state index < -0.39 is 0 Å². The van der Waals surface area contributed by atoms with Gasteiger partial charge in [-0.1, -0.05) is 23.7 Å². The number of benzene rings is 2. The Balaban J connectivity index is 1.91. The number of carbonyl (C=O) groups is 1. The molecule has 0 spiro atoms. The van der Waals surface area contributed by atoms with Crippen molar-refractivity contribution in [2.24, 2.45) is 0 Å². The number of nitrogens with zero attached hydrogens (tertiary/aromatic N) is 1. The fourth-order valence-corrected chi connectivity index (χ4v) is 2.57. The van der Waals surface area contributed by atoms with Crippen LogP contribution >= 0.6 is 11.6 Å². The predicted octanol–water partition coefficient (Wildman–Crippen LogP) is 3.73. The lowest BCUT2D eigenvalue weighted by Gasteiger charge is -2.17. The van der Waals surface area contributed by atoms with E-state index in [-0.39, 0.29) is 5.91 Å². The number of aryl methyl sites for hydroxylation is 1. The highest BCUT2D eigenvalue weighted by molar-refractivity contribution is 6.30. The maximum Gasteiger partial charge on any atom is 0.238 e. The first kappa shape index (κ1) is 17.3. The topological polar surface area (TPSA) is 41.6 Å². The number of nitrogens with one attached hydrogen (secondary N) is 1. The number of amides is 1. The second-order valence-electron chi connectivity index (χ2n) is 5.53. The Bertz CT molecular complexity index is 688. The number of rotatable bonds is 6. The number of likely N-dealkylation sites (N-methyl/N-ethyl adjacent to an activating group) is 1. The van der Waals surface area contributed by atoms with Gasteiger partial charge in [-0.15, -0.1) is 0 Å². The first-order valence-electron chi connectivity index (χ1n) is 7.35. The molecule has 1 N–H and O–H groups in total. The zero-order chi connectivity index (χ0) is 16.8. The summed E-state index contributed by atoms with van der Waals surface area (Å²) in [7, 11) is 3.55. The van der Waals surface area contributed by atoms with Crippen LogP contribution in [0.3, 0.4) is 0 Å². The van der Waals surface area contributed by atoms with Crippen molar-refractivity contribution in [3.8, 4) is 5.75 Å². The molecule has 0 atom stereocenters. The van der Waals surface area contributed by atoms with Crippen LogP contribution in [0, 0.1) is 6.92 Å². The van der Waals surface area contributed by atoms with Crippen LogP contribution in [0.25, 0.3) is 0 Å². The van der Waals surface area contributed by atoms with Gasteiger partial charge in [0.05, 0.1) is 13.7 Å². The predicted molar refractivity (Wildman–Crippen MR) is 94.1 cm³/mol. The van der Waals surface area contributed by atoms with Gasteiger partial charge in [0.25, 0.3) is 0 Å². The van der Waals surface area contributed by atoms with E-state index >= 15 is 0 Å². The van der Waals surface area contributed by atoms with Gasteiger partial charge in [-0.25, -0.2) is 0 Å². The first-order valence-corrected chi connectivity index (χ1v) is 7.73. The molecule has 0 aromatic heterocycles. The van der Waals surface area contributed by atoms with Crippen LogP contribution in [-0.4, -0.2) is 31.5 Å². The first-order chi connectivity index (χ1) is 11.0. The molecule has 0 radical (unpaired) electrons. The molecule has 1 amide bonds. The molecule has 5 heteroatoms. The fourth-order valence-electron chi connectivity index (χ4n) is 2.34. The molecule has 0 unspecified atom stereocenters. The number of anilines is 1. The Labute approximate surface area is 142 Å². The summed E-state index contributed by atoms with van der Waals surface area (Å²) in [6.45, 7) is 2.89. The second kappa shape index (κ2) is 7.99. The van der Waals surface area contributed by atoms with Crippen molar-refractivity contribution >= 4 is 23.2 Å². The highest BCUT2D eigenvalue weighted by Crippen LogP contribution is 2.19. The van der Waals surface area contributed by atoms with E-state index in [1.807, 2.05) is 55.3 Å². The van der Waals surface area contributed by atoms with E-state index in [0.717, 1.165) is 22.6 Å². The van der Waals surface area contributed by atoms with E-state index in [2.05, 4.69) is 5.32 Å². The number of ether oxygens (including phenoxy) is 1. The zero-order valence-electron chi connectivity index (χ0n) is 13.6.